The third kappa shape index (κ3) is 115. The Morgan fingerprint density at radius 3 is 0.909 bits per heavy atom. The van der Waals surface area contributed by atoms with Crippen LogP contribution in [0.25, 0.3) is 0 Å². The molecule has 0 rings (SSSR count). The van der Waals surface area contributed by atoms with Crippen molar-refractivity contribution in [1.29, 1.82) is 0 Å². The van der Waals surface area contributed by atoms with Crippen LogP contribution in [0.1, 0.15) is 86.1 Å². The summed E-state index contributed by atoms with van der Waals surface area (Å²) < 4.78 is 9.76. The summed E-state index contributed by atoms with van der Waals surface area (Å²) in [5.41, 5.74) is 0. The van der Waals surface area contributed by atoms with Crippen LogP contribution in [0, 0.1) is 0 Å². The number of aliphatic hydroxyl groups excluding tert-OH is 2. The van der Waals surface area contributed by atoms with Gasteiger partial charge in [0.25, 0.3) is 0 Å². The van der Waals surface area contributed by atoms with Gasteiger partial charge in [-0.05, 0) is 12.8 Å². The molecule has 0 unspecified atom stereocenters. The predicted octanol–water partition coefficient (Wildman–Crippen LogP) is 5.90. The van der Waals surface area contributed by atoms with E-state index < -0.39 is 0 Å². The topological polar surface area (TPSA) is 58.9 Å². The zero-order valence-electron chi connectivity index (χ0n) is 9.37. The van der Waals surface area contributed by atoms with Crippen molar-refractivity contribution in [1.82, 2.24) is 0 Å². The zero-order chi connectivity index (χ0) is 11.1. The van der Waals surface area contributed by atoms with Crippen molar-refractivity contribution in [3.05, 3.63) is 0 Å². The maximum Gasteiger partial charge on any atom is 0.0698 e. The van der Waals surface area contributed by atoms with Gasteiger partial charge >= 0.3 is 0 Å². The molecule has 0 spiro atoms. The molecule has 0 atom stereocenters. The van der Waals surface area contributed by atoms with Crippen molar-refractivity contribution in [3.8, 4) is 0 Å². The quantitative estimate of drug-likeness (QED) is 0.542. The zero-order valence-corrected chi connectivity index (χ0v) is 9.37. The van der Waals surface area contributed by atoms with Crippen molar-refractivity contribution in [3.63, 3.8) is 0 Å². The Kier molecular flexibility index (Phi) is 261. The highest BCUT2D eigenvalue weighted by Gasteiger charge is 1.79. The van der Waals surface area contributed by atoms with Gasteiger partial charge in [-0.2, -0.15) is 0 Å². The standard InChI is InChI=1S/C6H14O.C4H10O3.8CH4/c1-3-5-7-6-4-2;5-1-3-7-4-2-6;;;;;;;;/h3-6H2,1-2H3;5-6H,1-4H2;8*1H4. The van der Waals surface area contributed by atoms with Gasteiger partial charge in [-0.3, -0.25) is 0 Å². The number of aliphatic hydroxyl groups is 2. The molecule has 0 saturated heterocycles. The summed E-state index contributed by atoms with van der Waals surface area (Å²) in [5, 5.41) is 16.2. The molecule has 0 aliphatic rings. The number of hydrogen-bond donors (Lipinski definition) is 2. The van der Waals surface area contributed by atoms with Crippen LogP contribution in [0.2, 0.25) is 0 Å². The lowest BCUT2D eigenvalue weighted by molar-refractivity contribution is 0.0650. The molecule has 0 bridgehead atoms. The molecule has 0 saturated carbocycles. The average Bonchev–Trinajstić information content (AvgIpc) is 2.21. The van der Waals surface area contributed by atoms with Gasteiger partial charge in [-0.1, -0.05) is 73.3 Å². The Labute approximate surface area is 146 Å². The first-order valence-electron chi connectivity index (χ1n) is 5.20. The smallest absolute Gasteiger partial charge is 0.0698 e. The van der Waals surface area contributed by atoms with E-state index in [1.807, 2.05) is 0 Å². The summed E-state index contributed by atoms with van der Waals surface area (Å²) in [6.07, 6.45) is 2.28. The summed E-state index contributed by atoms with van der Waals surface area (Å²) in [6, 6.07) is 0. The number of hydrogen-bond acceptors (Lipinski definition) is 4. The lowest BCUT2D eigenvalue weighted by atomic mass is 10.5. The molecule has 0 aliphatic carbocycles. The van der Waals surface area contributed by atoms with Gasteiger partial charge in [0.1, 0.15) is 0 Å². The van der Waals surface area contributed by atoms with E-state index in [-0.39, 0.29) is 72.6 Å². The summed E-state index contributed by atoms with van der Waals surface area (Å²) in [6.45, 7) is 6.79. The SMILES string of the molecule is C.C.C.C.C.C.C.C.CCCOCCC.OCCOCCO. The van der Waals surface area contributed by atoms with Crippen LogP contribution in [0.3, 0.4) is 0 Å². The molecule has 0 aromatic heterocycles. The van der Waals surface area contributed by atoms with Gasteiger partial charge in [0, 0.05) is 13.2 Å². The second-order valence-corrected chi connectivity index (χ2v) is 2.67. The van der Waals surface area contributed by atoms with E-state index in [2.05, 4.69) is 18.6 Å². The molecule has 0 fully saturated rings. The molecule has 0 radical (unpaired) electrons. The van der Waals surface area contributed by atoms with Crippen LogP contribution in [0.15, 0.2) is 0 Å². The summed E-state index contributed by atoms with van der Waals surface area (Å²) >= 11 is 0. The van der Waals surface area contributed by atoms with Crippen molar-refractivity contribution >= 4 is 0 Å². The van der Waals surface area contributed by atoms with Crippen molar-refractivity contribution in [2.45, 2.75) is 86.1 Å². The fourth-order valence-corrected chi connectivity index (χ4v) is 0.622. The van der Waals surface area contributed by atoms with E-state index in [0.717, 1.165) is 26.1 Å². The van der Waals surface area contributed by atoms with E-state index in [9.17, 15) is 0 Å². The van der Waals surface area contributed by atoms with E-state index in [1.165, 1.54) is 0 Å². The fraction of sp³-hybridized carbons (Fsp3) is 1.00. The molecule has 4 nitrogen and oxygen atoms in total. The number of ether oxygens (including phenoxy) is 2. The molecule has 0 heterocycles. The van der Waals surface area contributed by atoms with E-state index in [1.54, 1.807) is 0 Å². The third-order valence-corrected chi connectivity index (χ3v) is 1.17. The highest BCUT2D eigenvalue weighted by molar-refractivity contribution is 4.25. The van der Waals surface area contributed by atoms with E-state index >= 15 is 0 Å². The largest absolute Gasteiger partial charge is 0.394 e. The highest BCUT2D eigenvalue weighted by Crippen LogP contribution is 1.81. The monoisotopic (exact) mass is 336 g/mol. The Morgan fingerprint density at radius 2 is 0.727 bits per heavy atom. The molecule has 0 amide bonds. The molecular formula is C18H56O4. The molecule has 0 aromatic carbocycles. The van der Waals surface area contributed by atoms with Crippen LogP contribution >= 0.6 is 0 Å². The summed E-state index contributed by atoms with van der Waals surface area (Å²) in [7, 11) is 0. The van der Waals surface area contributed by atoms with Gasteiger partial charge in [0.05, 0.1) is 26.4 Å². The van der Waals surface area contributed by atoms with Gasteiger partial charge in [-0.15, -0.1) is 0 Å². The van der Waals surface area contributed by atoms with Crippen molar-refractivity contribution in [2.24, 2.45) is 0 Å². The Hall–Kier alpha value is -0.160. The first-order chi connectivity index (χ1) is 6.83. The first kappa shape index (κ1) is 67.7. The highest BCUT2D eigenvalue weighted by atomic mass is 16.5. The molecule has 152 valence electrons. The fourth-order valence-electron chi connectivity index (χ4n) is 0.622. The summed E-state index contributed by atoms with van der Waals surface area (Å²) in [5.74, 6) is 0. The lowest BCUT2D eigenvalue weighted by Gasteiger charge is -1.95. The van der Waals surface area contributed by atoms with Crippen LogP contribution < -0.4 is 0 Å². The van der Waals surface area contributed by atoms with Crippen LogP contribution in [-0.4, -0.2) is 49.9 Å². The molecule has 2 N–H and O–H groups in total. The lowest BCUT2D eigenvalue weighted by Crippen LogP contribution is -2.03. The van der Waals surface area contributed by atoms with Crippen LogP contribution in [0.4, 0.5) is 0 Å². The second-order valence-electron chi connectivity index (χ2n) is 2.67. The van der Waals surface area contributed by atoms with Crippen molar-refractivity contribution in [2.75, 3.05) is 39.6 Å². The Balaban J connectivity index is -0.0000000120. The van der Waals surface area contributed by atoms with Crippen LogP contribution in [0.5, 0.6) is 0 Å². The summed E-state index contributed by atoms with van der Waals surface area (Å²) in [4.78, 5) is 0. The maximum absolute atomic E-state index is 8.09. The Morgan fingerprint density at radius 1 is 0.500 bits per heavy atom. The van der Waals surface area contributed by atoms with Gasteiger partial charge in [-0.25, -0.2) is 0 Å². The van der Waals surface area contributed by atoms with Gasteiger partial charge < -0.3 is 19.7 Å². The third-order valence-electron chi connectivity index (χ3n) is 1.17. The molecule has 22 heavy (non-hydrogen) atoms. The van der Waals surface area contributed by atoms with Gasteiger partial charge in [0.15, 0.2) is 0 Å². The molecule has 0 aliphatic heterocycles. The van der Waals surface area contributed by atoms with Crippen molar-refractivity contribution < 1.29 is 19.7 Å². The minimum Gasteiger partial charge on any atom is -0.394 e. The second kappa shape index (κ2) is 84.7. The van der Waals surface area contributed by atoms with Crippen LogP contribution in [-0.2, 0) is 9.47 Å². The van der Waals surface area contributed by atoms with E-state index in [0.29, 0.717) is 13.2 Å². The first-order valence-corrected chi connectivity index (χ1v) is 5.20. The molecule has 0 aromatic rings. The minimum absolute atomic E-state index is 0. The molecular weight excluding hydrogens is 280 g/mol. The van der Waals surface area contributed by atoms with Gasteiger partial charge in [0.2, 0.25) is 0 Å². The average molecular weight is 337 g/mol. The predicted molar refractivity (Wildman–Crippen MR) is 110 cm³/mol. The number of rotatable bonds is 8. The maximum atomic E-state index is 8.09. The molecule has 4 heteroatoms. The normalized spacial score (nSPS) is 6.00. The van der Waals surface area contributed by atoms with E-state index in [4.69, 9.17) is 14.9 Å². The Bertz CT molecular complexity index is 63.5. The minimum atomic E-state index is 0.